The van der Waals surface area contributed by atoms with Crippen molar-refractivity contribution in [1.82, 2.24) is 5.32 Å². The van der Waals surface area contributed by atoms with Gasteiger partial charge in [0.2, 0.25) is 0 Å². The molecule has 82 valence electrons. The molecule has 0 saturated heterocycles. The van der Waals surface area contributed by atoms with Gasteiger partial charge < -0.3 is 9.47 Å². The fourth-order valence-corrected chi connectivity index (χ4v) is 0.814. The Balaban J connectivity index is 3.19. The summed E-state index contributed by atoms with van der Waals surface area (Å²) in [5, 5.41) is 2.78. The quantitative estimate of drug-likeness (QED) is 0.327. The van der Waals surface area contributed by atoms with E-state index in [1.54, 1.807) is 7.05 Å². The predicted octanol–water partition coefficient (Wildman–Crippen LogP) is 0.0923. The zero-order valence-electron chi connectivity index (χ0n) is 8.67. The smallest absolute Gasteiger partial charge is 0.148 e. The Kier molecular flexibility index (Phi) is 8.31. The van der Waals surface area contributed by atoms with E-state index in [-0.39, 0.29) is 31.2 Å². The molecule has 0 aliphatic heterocycles. The van der Waals surface area contributed by atoms with E-state index in [1.807, 2.05) is 0 Å². The minimum Gasteiger partial charge on any atom is -0.355 e. The van der Waals surface area contributed by atoms with E-state index in [4.69, 9.17) is 9.47 Å². The second kappa shape index (κ2) is 8.80. The Labute approximate surface area is 83.8 Å². The van der Waals surface area contributed by atoms with E-state index in [2.05, 4.69) is 5.32 Å². The highest BCUT2D eigenvalue weighted by Crippen LogP contribution is 1.92. The van der Waals surface area contributed by atoms with Gasteiger partial charge in [0.25, 0.3) is 0 Å². The molecule has 5 nitrogen and oxygen atoms in total. The maximum Gasteiger partial charge on any atom is 0.148 e. The van der Waals surface area contributed by atoms with Gasteiger partial charge in [0.15, 0.2) is 0 Å². The van der Waals surface area contributed by atoms with Gasteiger partial charge in [-0.15, -0.1) is 0 Å². The van der Waals surface area contributed by atoms with Gasteiger partial charge in [-0.3, -0.25) is 14.9 Å². The Hall–Kier alpha value is -0.780. The highest BCUT2D eigenvalue weighted by molar-refractivity contribution is 5.97. The van der Waals surface area contributed by atoms with Gasteiger partial charge in [-0.25, -0.2) is 0 Å². The van der Waals surface area contributed by atoms with Crippen molar-refractivity contribution in [1.29, 1.82) is 0 Å². The standard InChI is InChI=1S/C9H17NO4/c1-8(11)5-9(12)3-4-13-7-14-6-10-2/h10H,3-7H2,1-2H3. The second-order valence-electron chi connectivity index (χ2n) is 2.90. The van der Waals surface area contributed by atoms with Crippen molar-refractivity contribution in [3.05, 3.63) is 0 Å². The summed E-state index contributed by atoms with van der Waals surface area (Å²) in [4.78, 5) is 21.5. The van der Waals surface area contributed by atoms with Crippen LogP contribution in [0.2, 0.25) is 0 Å². The van der Waals surface area contributed by atoms with Crippen LogP contribution in [0.5, 0.6) is 0 Å². The predicted molar refractivity (Wildman–Crippen MR) is 50.8 cm³/mol. The average Bonchev–Trinajstić information content (AvgIpc) is 2.10. The minimum atomic E-state index is -0.110. The van der Waals surface area contributed by atoms with E-state index < -0.39 is 0 Å². The summed E-state index contributed by atoms with van der Waals surface area (Å²) in [6.07, 6.45) is 0.267. The molecule has 14 heavy (non-hydrogen) atoms. The first-order valence-corrected chi connectivity index (χ1v) is 4.48. The molecular weight excluding hydrogens is 186 g/mol. The topological polar surface area (TPSA) is 64.6 Å². The normalized spacial score (nSPS) is 10.1. The number of ether oxygens (including phenoxy) is 2. The van der Waals surface area contributed by atoms with Crippen molar-refractivity contribution < 1.29 is 19.1 Å². The summed E-state index contributed by atoms with van der Waals surface area (Å²) in [6.45, 7) is 2.28. The van der Waals surface area contributed by atoms with Crippen LogP contribution in [0.25, 0.3) is 0 Å². The fourth-order valence-electron chi connectivity index (χ4n) is 0.814. The van der Waals surface area contributed by atoms with Crippen molar-refractivity contribution >= 4 is 11.6 Å². The molecule has 0 aromatic heterocycles. The first kappa shape index (κ1) is 13.2. The van der Waals surface area contributed by atoms with Crippen LogP contribution in [0.15, 0.2) is 0 Å². The molecule has 0 aromatic rings. The van der Waals surface area contributed by atoms with Gasteiger partial charge in [-0.2, -0.15) is 0 Å². The summed E-state index contributed by atoms with van der Waals surface area (Å²) in [6, 6.07) is 0. The largest absolute Gasteiger partial charge is 0.355 e. The zero-order chi connectivity index (χ0) is 10.8. The molecule has 0 atom stereocenters. The zero-order valence-corrected chi connectivity index (χ0v) is 8.67. The van der Waals surface area contributed by atoms with Gasteiger partial charge in [0.05, 0.1) is 19.8 Å². The van der Waals surface area contributed by atoms with Crippen LogP contribution in [0, 0.1) is 0 Å². The molecule has 5 heteroatoms. The van der Waals surface area contributed by atoms with E-state index >= 15 is 0 Å². The lowest BCUT2D eigenvalue weighted by molar-refractivity contribution is -0.127. The molecule has 0 aliphatic rings. The summed E-state index contributed by atoms with van der Waals surface area (Å²) < 4.78 is 9.93. The van der Waals surface area contributed by atoms with Crippen LogP contribution in [-0.4, -0.2) is 38.7 Å². The molecule has 1 N–H and O–H groups in total. The van der Waals surface area contributed by atoms with Gasteiger partial charge >= 0.3 is 0 Å². The Morgan fingerprint density at radius 3 is 2.57 bits per heavy atom. The lowest BCUT2D eigenvalue weighted by atomic mass is 10.2. The third-order valence-corrected chi connectivity index (χ3v) is 1.38. The Bertz CT molecular complexity index is 182. The number of carbonyl (C=O) groups excluding carboxylic acids is 2. The number of ketones is 2. The molecule has 0 fully saturated rings. The molecule has 0 saturated carbocycles. The first-order chi connectivity index (χ1) is 6.66. The van der Waals surface area contributed by atoms with Crippen molar-refractivity contribution in [2.45, 2.75) is 19.8 Å². The molecule has 0 unspecified atom stereocenters. The maximum atomic E-state index is 11.0. The average molecular weight is 203 g/mol. The molecule has 0 radical (unpaired) electrons. The minimum absolute atomic E-state index is 0.000727. The number of carbonyl (C=O) groups is 2. The van der Waals surface area contributed by atoms with E-state index in [0.717, 1.165) is 0 Å². The number of hydrogen-bond donors (Lipinski definition) is 1. The van der Waals surface area contributed by atoms with E-state index in [0.29, 0.717) is 13.3 Å². The Morgan fingerprint density at radius 2 is 2.00 bits per heavy atom. The first-order valence-electron chi connectivity index (χ1n) is 4.48. The van der Waals surface area contributed by atoms with Gasteiger partial charge in [-0.1, -0.05) is 0 Å². The van der Waals surface area contributed by atoms with Crippen LogP contribution in [0.3, 0.4) is 0 Å². The summed E-state index contributed by atoms with van der Waals surface area (Å²) in [7, 11) is 1.76. The van der Waals surface area contributed by atoms with Gasteiger partial charge in [0.1, 0.15) is 18.4 Å². The number of nitrogens with one attached hydrogen (secondary N) is 1. The van der Waals surface area contributed by atoms with Crippen molar-refractivity contribution in [3.8, 4) is 0 Å². The maximum absolute atomic E-state index is 11.0. The Morgan fingerprint density at radius 1 is 1.29 bits per heavy atom. The van der Waals surface area contributed by atoms with Gasteiger partial charge in [0, 0.05) is 6.42 Å². The van der Waals surface area contributed by atoms with Crippen molar-refractivity contribution in [2.75, 3.05) is 27.2 Å². The SMILES string of the molecule is CNCOCOCCC(=O)CC(C)=O. The number of hydrogen-bond acceptors (Lipinski definition) is 5. The van der Waals surface area contributed by atoms with Crippen LogP contribution >= 0.6 is 0 Å². The monoisotopic (exact) mass is 203 g/mol. The summed E-state index contributed by atoms with van der Waals surface area (Å²) >= 11 is 0. The van der Waals surface area contributed by atoms with Crippen LogP contribution in [0.4, 0.5) is 0 Å². The fraction of sp³-hybridized carbons (Fsp3) is 0.778. The van der Waals surface area contributed by atoms with Crippen LogP contribution < -0.4 is 5.32 Å². The molecule has 0 bridgehead atoms. The third-order valence-electron chi connectivity index (χ3n) is 1.38. The number of Topliss-reactive ketones (excluding diaryl/α,β-unsaturated/α-hetero) is 2. The summed E-state index contributed by atoms with van der Waals surface area (Å²) in [5.41, 5.74) is 0. The molecule has 0 spiro atoms. The molecule has 0 aliphatic carbocycles. The lowest BCUT2D eigenvalue weighted by Crippen LogP contribution is -2.15. The van der Waals surface area contributed by atoms with E-state index in [1.165, 1.54) is 6.92 Å². The van der Waals surface area contributed by atoms with Crippen molar-refractivity contribution in [2.24, 2.45) is 0 Å². The molecular formula is C9H17NO4. The lowest BCUT2D eigenvalue weighted by Gasteiger charge is -2.03. The molecule has 0 rings (SSSR count). The van der Waals surface area contributed by atoms with Crippen LogP contribution in [0.1, 0.15) is 19.8 Å². The highest BCUT2D eigenvalue weighted by Gasteiger charge is 2.04. The molecule has 0 aromatic carbocycles. The number of rotatable bonds is 9. The van der Waals surface area contributed by atoms with E-state index in [9.17, 15) is 9.59 Å². The van der Waals surface area contributed by atoms with Crippen molar-refractivity contribution in [3.63, 3.8) is 0 Å². The van der Waals surface area contributed by atoms with Gasteiger partial charge in [-0.05, 0) is 14.0 Å². The third kappa shape index (κ3) is 9.31. The molecule has 0 heterocycles. The molecule has 0 amide bonds. The second-order valence-corrected chi connectivity index (χ2v) is 2.90. The van der Waals surface area contributed by atoms with Crippen LogP contribution in [-0.2, 0) is 19.1 Å². The summed E-state index contributed by atoms with van der Waals surface area (Å²) in [5.74, 6) is -0.201. The highest BCUT2D eigenvalue weighted by atomic mass is 16.7.